The Balaban J connectivity index is 2.33. The zero-order valence-corrected chi connectivity index (χ0v) is 17.5. The summed E-state index contributed by atoms with van der Waals surface area (Å²) in [6, 6.07) is 0. The van der Waals surface area contributed by atoms with Gasteiger partial charge in [0.1, 0.15) is 10.5 Å². The summed E-state index contributed by atoms with van der Waals surface area (Å²) >= 11 is 1.29. The second-order valence-corrected chi connectivity index (χ2v) is 9.51. The van der Waals surface area contributed by atoms with Crippen LogP contribution < -0.4 is 5.73 Å². The molecular formula is C14H18F6N5O4PS. The monoisotopic (exact) mass is 497 g/mol. The molecule has 31 heavy (non-hydrogen) atoms. The molecule has 0 fully saturated rings. The highest BCUT2D eigenvalue weighted by Gasteiger charge is 2.59. The largest absolute Gasteiger partial charge is 0.392 e. The quantitative estimate of drug-likeness (QED) is 0.206. The van der Waals surface area contributed by atoms with Crippen LogP contribution in [0.3, 0.4) is 0 Å². The number of rotatable bonds is 9. The highest BCUT2D eigenvalue weighted by molar-refractivity contribution is 7.99. The molecule has 2 aromatic rings. The lowest BCUT2D eigenvalue weighted by Crippen LogP contribution is -2.42. The van der Waals surface area contributed by atoms with Gasteiger partial charge in [0, 0.05) is 6.54 Å². The van der Waals surface area contributed by atoms with Gasteiger partial charge in [-0.15, -0.1) is 11.8 Å². The first kappa shape index (κ1) is 25.6. The lowest BCUT2D eigenvalue weighted by molar-refractivity contribution is -0.211. The highest BCUT2D eigenvalue weighted by Crippen LogP contribution is 2.60. The van der Waals surface area contributed by atoms with Crippen LogP contribution in [-0.2, 0) is 15.8 Å². The minimum Gasteiger partial charge on any atom is -0.368 e. The molecular weight excluding hydrogens is 479 g/mol. The van der Waals surface area contributed by atoms with E-state index in [-0.39, 0.29) is 11.6 Å². The summed E-state index contributed by atoms with van der Waals surface area (Å²) < 4.78 is 94.9. The van der Waals surface area contributed by atoms with E-state index in [1.807, 2.05) is 6.92 Å². The second-order valence-electron chi connectivity index (χ2n) is 6.35. The number of aromatic nitrogens is 4. The number of hydrogen-bond acceptors (Lipinski definition) is 7. The molecule has 2 rings (SSSR count). The highest BCUT2D eigenvalue weighted by atomic mass is 32.2. The van der Waals surface area contributed by atoms with Crippen molar-refractivity contribution in [3.8, 4) is 0 Å². The molecule has 0 bridgehead atoms. The fourth-order valence-corrected chi connectivity index (χ4v) is 4.49. The third kappa shape index (κ3) is 6.68. The molecule has 0 aliphatic carbocycles. The van der Waals surface area contributed by atoms with Gasteiger partial charge in [-0.1, -0.05) is 6.92 Å². The third-order valence-electron chi connectivity index (χ3n) is 3.92. The van der Waals surface area contributed by atoms with Crippen molar-refractivity contribution in [3.63, 3.8) is 0 Å². The van der Waals surface area contributed by atoms with Crippen LogP contribution in [0.1, 0.15) is 19.8 Å². The Kier molecular flexibility index (Phi) is 7.53. The first-order valence-electron chi connectivity index (χ1n) is 8.51. The summed E-state index contributed by atoms with van der Waals surface area (Å²) in [5.41, 5.74) is 6.05. The van der Waals surface area contributed by atoms with Crippen molar-refractivity contribution in [1.82, 2.24) is 19.5 Å². The number of fused-ring (bicyclic) bond motifs is 1. The maximum absolute atomic E-state index is 12.9. The van der Waals surface area contributed by atoms with Crippen LogP contribution >= 0.6 is 19.4 Å². The molecule has 17 heteroatoms. The molecule has 0 amide bonds. The Morgan fingerprint density at radius 2 is 1.74 bits per heavy atom. The number of nitrogens with zero attached hydrogens (tertiary/aromatic N) is 4. The predicted octanol–water partition coefficient (Wildman–Crippen LogP) is 3.32. The van der Waals surface area contributed by atoms with Crippen LogP contribution in [0.5, 0.6) is 0 Å². The number of anilines is 1. The van der Waals surface area contributed by atoms with Crippen LogP contribution in [0.2, 0.25) is 0 Å². The van der Waals surface area contributed by atoms with E-state index in [1.54, 1.807) is 0 Å². The van der Waals surface area contributed by atoms with E-state index < -0.39 is 51.3 Å². The van der Waals surface area contributed by atoms with E-state index in [0.717, 1.165) is 0 Å². The van der Waals surface area contributed by atoms with Gasteiger partial charge in [0.05, 0.1) is 25.8 Å². The van der Waals surface area contributed by atoms with Gasteiger partial charge < -0.3 is 24.8 Å². The van der Waals surface area contributed by atoms with Gasteiger partial charge in [-0.3, -0.25) is 4.57 Å². The van der Waals surface area contributed by atoms with Gasteiger partial charge in [-0.25, -0.2) is 9.97 Å². The van der Waals surface area contributed by atoms with Crippen molar-refractivity contribution < 1.29 is 45.4 Å². The van der Waals surface area contributed by atoms with E-state index in [4.69, 9.17) is 5.73 Å². The number of halogens is 6. The first-order valence-corrected chi connectivity index (χ1v) is 11.1. The summed E-state index contributed by atoms with van der Waals surface area (Å²) in [5, 5.41) is -3.40. The van der Waals surface area contributed by atoms with E-state index in [9.17, 15) is 40.7 Å². The molecule has 2 aromatic heterocycles. The van der Waals surface area contributed by atoms with Gasteiger partial charge >= 0.3 is 19.9 Å². The molecule has 0 atom stereocenters. The maximum atomic E-state index is 12.9. The molecule has 0 aliphatic heterocycles. The Hall–Kier alpha value is -1.61. The molecule has 0 spiro atoms. The van der Waals surface area contributed by atoms with Crippen molar-refractivity contribution in [2.75, 3.05) is 18.1 Å². The van der Waals surface area contributed by atoms with Crippen molar-refractivity contribution in [1.29, 1.82) is 0 Å². The lowest BCUT2D eigenvalue weighted by Gasteiger charge is -2.35. The maximum Gasteiger partial charge on any atom is 0.392 e. The molecule has 0 saturated carbocycles. The Bertz CT molecular complexity index is 947. The summed E-state index contributed by atoms with van der Waals surface area (Å²) in [5.74, 6) is 0.478. The molecule has 9 nitrogen and oxygen atoms in total. The van der Waals surface area contributed by atoms with Crippen molar-refractivity contribution in [3.05, 3.63) is 6.33 Å². The minimum atomic E-state index is -6.02. The zero-order valence-electron chi connectivity index (χ0n) is 15.8. The predicted molar refractivity (Wildman–Crippen MR) is 98.2 cm³/mol. The fraction of sp³-hybridized carbons (Fsp3) is 0.643. The number of hydrogen-bond donors (Lipinski definition) is 3. The number of nitrogen functional groups attached to an aromatic ring is 1. The van der Waals surface area contributed by atoms with Gasteiger partial charge in [-0.2, -0.15) is 31.3 Å². The average molecular weight is 497 g/mol. The molecule has 0 radical (unpaired) electrons. The van der Waals surface area contributed by atoms with Gasteiger partial charge in [0.25, 0.3) is 0 Å². The summed E-state index contributed by atoms with van der Waals surface area (Å²) in [6.45, 7) is 0.534. The number of ether oxygens (including phenoxy) is 1. The summed E-state index contributed by atoms with van der Waals surface area (Å²) in [7, 11) is -6.02. The minimum absolute atomic E-state index is 0.134. The van der Waals surface area contributed by atoms with Crippen molar-refractivity contribution in [2.24, 2.45) is 0 Å². The number of thioether (sulfide) groups is 1. The van der Waals surface area contributed by atoms with Crippen LogP contribution in [0.4, 0.5) is 32.3 Å². The number of nitrogens with two attached hydrogens (primary N) is 1. The fourth-order valence-electron chi connectivity index (χ4n) is 2.75. The Morgan fingerprint density at radius 3 is 2.23 bits per heavy atom. The second kappa shape index (κ2) is 9.10. The molecule has 2 heterocycles. The van der Waals surface area contributed by atoms with E-state index in [0.29, 0.717) is 16.3 Å². The molecule has 0 aliphatic rings. The topological polar surface area (TPSA) is 136 Å². The third-order valence-corrected chi connectivity index (χ3v) is 6.27. The smallest absolute Gasteiger partial charge is 0.368 e. The molecule has 0 saturated heterocycles. The normalized spacial score (nSPS) is 13.8. The van der Waals surface area contributed by atoms with Crippen LogP contribution in [0, 0.1) is 0 Å². The number of alkyl halides is 6. The number of imidazole rings is 1. The first-order chi connectivity index (χ1) is 14.1. The van der Waals surface area contributed by atoms with Crippen LogP contribution in [-0.4, -0.2) is 59.4 Å². The SMILES string of the molecule is CCSc1nc(N)nc2c1ncn2CCOC(CC(F)(F)F)(CC(F)(F)F)P(=O)(O)O. The summed E-state index contributed by atoms with van der Waals surface area (Å²) in [6.07, 6.45) is -14.4. The van der Waals surface area contributed by atoms with Crippen LogP contribution in [0.15, 0.2) is 11.4 Å². The average Bonchev–Trinajstić information content (AvgIpc) is 2.94. The van der Waals surface area contributed by atoms with E-state index in [2.05, 4.69) is 19.7 Å². The van der Waals surface area contributed by atoms with Crippen molar-refractivity contribution >= 4 is 36.5 Å². The van der Waals surface area contributed by atoms with E-state index >= 15 is 0 Å². The molecule has 0 aromatic carbocycles. The van der Waals surface area contributed by atoms with Gasteiger partial charge in [0.2, 0.25) is 5.95 Å². The van der Waals surface area contributed by atoms with Gasteiger partial charge in [0.15, 0.2) is 11.0 Å². The standard InChI is InChI=1S/C14H18F6N5O4PS/c1-2-31-10-8-9(23-11(21)24-10)25(7-22-8)3-4-29-12(30(26,27)28,5-13(15,16)17)6-14(18,19)20/h7H,2-6H2,1H3,(H2,21,23,24)(H2,26,27,28). The van der Waals surface area contributed by atoms with Gasteiger partial charge in [-0.05, 0) is 5.75 Å². The van der Waals surface area contributed by atoms with E-state index in [1.165, 1.54) is 22.7 Å². The summed E-state index contributed by atoms with van der Waals surface area (Å²) in [4.78, 5) is 30.7. The molecule has 0 unspecified atom stereocenters. The Labute approximate surface area is 175 Å². The van der Waals surface area contributed by atoms with Crippen LogP contribution in [0.25, 0.3) is 11.2 Å². The Morgan fingerprint density at radius 1 is 1.16 bits per heavy atom. The molecule has 176 valence electrons. The lowest BCUT2D eigenvalue weighted by atomic mass is 10.1. The van der Waals surface area contributed by atoms with Crippen molar-refractivity contribution in [2.45, 2.75) is 49.0 Å². The zero-order chi connectivity index (χ0) is 23.7. The molecule has 4 N–H and O–H groups in total.